The highest BCUT2D eigenvalue weighted by Crippen LogP contribution is 2.42. The predicted molar refractivity (Wildman–Crippen MR) is 76.0 cm³/mol. The summed E-state index contributed by atoms with van der Waals surface area (Å²) in [6.45, 7) is -0.337. The van der Waals surface area contributed by atoms with E-state index in [-0.39, 0.29) is 17.9 Å². The number of hydrogen-bond donors (Lipinski definition) is 0. The zero-order chi connectivity index (χ0) is 15.0. The van der Waals surface area contributed by atoms with Crippen LogP contribution >= 0.6 is 0 Å². The van der Waals surface area contributed by atoms with Gasteiger partial charge in [0.05, 0.1) is 17.4 Å². The molecule has 0 N–H and O–H groups in total. The lowest BCUT2D eigenvalue weighted by Crippen LogP contribution is -2.52. The molecule has 1 unspecified atom stereocenters. The molecule has 0 amide bonds. The Morgan fingerprint density at radius 2 is 1.81 bits per heavy atom. The normalized spacial score (nSPS) is 22.9. The van der Waals surface area contributed by atoms with E-state index in [1.165, 1.54) is 18.2 Å². The van der Waals surface area contributed by atoms with Gasteiger partial charge in [-0.2, -0.15) is 13.2 Å². The van der Waals surface area contributed by atoms with E-state index in [4.69, 9.17) is 0 Å². The van der Waals surface area contributed by atoms with E-state index in [9.17, 15) is 18.4 Å². The van der Waals surface area contributed by atoms with Gasteiger partial charge in [-0.05, 0) is 37.8 Å². The summed E-state index contributed by atoms with van der Waals surface area (Å²) in [5.74, 6) is 0. The molecule has 0 radical (unpaired) electrons. The third-order valence-corrected chi connectivity index (χ3v) is 4.11. The smallest absolute Gasteiger partial charge is 0.485 e. The Kier molecular flexibility index (Phi) is 3.57. The highest BCUT2D eigenvalue weighted by molar-refractivity contribution is 5.75. The number of fused-ring (bicyclic) bond motifs is 1. The molecule has 0 spiro atoms. The Labute approximate surface area is 121 Å². The molecule has 1 aliphatic carbocycles. The lowest BCUT2D eigenvalue weighted by atomic mass is 9.92. The van der Waals surface area contributed by atoms with Gasteiger partial charge in [0, 0.05) is 6.54 Å². The number of benzene rings is 1. The summed E-state index contributed by atoms with van der Waals surface area (Å²) < 4.78 is 39.8. The summed E-state index contributed by atoms with van der Waals surface area (Å²) in [6.07, 6.45) is 0.968. The topological polar surface area (TPSA) is 29.5 Å². The van der Waals surface area contributed by atoms with Crippen LogP contribution in [-0.2, 0) is 0 Å². The van der Waals surface area contributed by atoms with Gasteiger partial charge in [0.2, 0.25) is 0 Å². The van der Waals surface area contributed by atoms with Crippen LogP contribution in [-0.4, -0.2) is 18.9 Å². The molecule has 6 heteroatoms. The monoisotopic (exact) mass is 297 g/mol. The maximum absolute atomic E-state index is 13.3. The SMILES string of the molecule is [O-]N1c2ccccc2N(C(F)(F)F)CC1C1=CCCCC1. The van der Waals surface area contributed by atoms with Crippen molar-refractivity contribution in [3.05, 3.63) is 41.1 Å². The van der Waals surface area contributed by atoms with Crippen molar-refractivity contribution in [1.82, 2.24) is 0 Å². The quantitative estimate of drug-likeness (QED) is 0.575. The molecule has 1 heterocycles. The van der Waals surface area contributed by atoms with Crippen molar-refractivity contribution in [2.45, 2.75) is 38.0 Å². The Balaban J connectivity index is 2.01. The van der Waals surface area contributed by atoms with E-state index in [0.29, 0.717) is 11.3 Å². The number of hydrogen-bond acceptors (Lipinski definition) is 3. The molecular weight excluding hydrogens is 281 g/mol. The molecule has 3 rings (SSSR count). The summed E-state index contributed by atoms with van der Waals surface area (Å²) in [5.41, 5.74) is 0.866. The maximum atomic E-state index is 13.3. The van der Waals surface area contributed by atoms with Crippen molar-refractivity contribution >= 4 is 11.4 Å². The van der Waals surface area contributed by atoms with Gasteiger partial charge in [-0.3, -0.25) is 4.90 Å². The number of alkyl halides is 3. The van der Waals surface area contributed by atoms with Crippen LogP contribution in [0.1, 0.15) is 25.7 Å². The fourth-order valence-corrected chi connectivity index (χ4v) is 3.07. The van der Waals surface area contributed by atoms with Crippen LogP contribution in [0.2, 0.25) is 0 Å². The molecule has 1 aromatic rings. The van der Waals surface area contributed by atoms with Crippen LogP contribution in [0.25, 0.3) is 0 Å². The Hall–Kier alpha value is -1.69. The second-order valence-corrected chi connectivity index (χ2v) is 5.43. The molecule has 0 saturated carbocycles. The van der Waals surface area contributed by atoms with Crippen molar-refractivity contribution < 1.29 is 13.2 Å². The lowest BCUT2D eigenvalue weighted by Gasteiger charge is -2.49. The van der Waals surface area contributed by atoms with Crippen LogP contribution in [0.3, 0.4) is 0 Å². The van der Waals surface area contributed by atoms with Gasteiger partial charge in [-0.1, -0.05) is 23.8 Å². The average Bonchev–Trinajstić information content (AvgIpc) is 2.47. The van der Waals surface area contributed by atoms with Gasteiger partial charge < -0.3 is 10.3 Å². The number of halogens is 3. The molecule has 1 aliphatic heterocycles. The summed E-state index contributed by atoms with van der Waals surface area (Å²) in [4.78, 5) is 0.386. The molecule has 0 bridgehead atoms. The van der Waals surface area contributed by atoms with Gasteiger partial charge in [0.25, 0.3) is 0 Å². The molecule has 0 aromatic heterocycles. The number of allylic oxidation sites excluding steroid dienone is 1. The minimum absolute atomic E-state index is 0.0624. The third kappa shape index (κ3) is 2.60. The molecule has 1 aromatic carbocycles. The highest BCUT2D eigenvalue weighted by atomic mass is 19.4. The van der Waals surface area contributed by atoms with E-state index in [0.717, 1.165) is 29.9 Å². The van der Waals surface area contributed by atoms with Crippen molar-refractivity contribution in [1.29, 1.82) is 0 Å². The fraction of sp³-hybridized carbons (Fsp3) is 0.467. The Morgan fingerprint density at radius 3 is 2.43 bits per heavy atom. The van der Waals surface area contributed by atoms with Crippen LogP contribution in [0.5, 0.6) is 0 Å². The van der Waals surface area contributed by atoms with Gasteiger partial charge in [-0.25, -0.2) is 0 Å². The first-order valence-electron chi connectivity index (χ1n) is 7.07. The number of rotatable bonds is 1. The van der Waals surface area contributed by atoms with Crippen LogP contribution < -0.4 is 9.96 Å². The van der Waals surface area contributed by atoms with Gasteiger partial charge in [0.1, 0.15) is 0 Å². The van der Waals surface area contributed by atoms with E-state index in [2.05, 4.69) is 0 Å². The first-order chi connectivity index (χ1) is 9.98. The van der Waals surface area contributed by atoms with Crippen LogP contribution in [0.15, 0.2) is 35.9 Å². The molecule has 2 aliphatic rings. The summed E-state index contributed by atoms with van der Waals surface area (Å²) in [7, 11) is 0. The number of anilines is 2. The van der Waals surface area contributed by atoms with E-state index in [1.807, 2.05) is 6.08 Å². The minimum atomic E-state index is -4.48. The van der Waals surface area contributed by atoms with Crippen molar-refractivity contribution in [3.63, 3.8) is 0 Å². The molecular formula is C15H16F3N2O-. The second kappa shape index (κ2) is 5.26. The number of nitrogens with zero attached hydrogens (tertiary/aromatic N) is 2. The zero-order valence-corrected chi connectivity index (χ0v) is 11.4. The molecule has 114 valence electrons. The van der Waals surface area contributed by atoms with Crippen LogP contribution in [0.4, 0.5) is 24.5 Å². The van der Waals surface area contributed by atoms with E-state index in [1.54, 1.807) is 6.07 Å². The van der Waals surface area contributed by atoms with Crippen molar-refractivity contribution in [2.24, 2.45) is 0 Å². The first-order valence-corrected chi connectivity index (χ1v) is 7.07. The Bertz CT molecular complexity index is 556. The fourth-order valence-electron chi connectivity index (χ4n) is 3.07. The number of para-hydroxylation sites is 2. The summed E-state index contributed by atoms with van der Waals surface area (Å²) in [5, 5.41) is 13.2. The van der Waals surface area contributed by atoms with E-state index >= 15 is 0 Å². The number of hydroxylamine groups is 1. The molecule has 3 nitrogen and oxygen atoms in total. The molecule has 21 heavy (non-hydrogen) atoms. The van der Waals surface area contributed by atoms with Gasteiger partial charge in [-0.15, -0.1) is 0 Å². The molecule has 0 fully saturated rings. The maximum Gasteiger partial charge on any atom is 0.485 e. The van der Waals surface area contributed by atoms with Gasteiger partial charge in [0.15, 0.2) is 0 Å². The Morgan fingerprint density at radius 1 is 1.10 bits per heavy atom. The molecule has 1 atom stereocenters. The average molecular weight is 297 g/mol. The van der Waals surface area contributed by atoms with Crippen molar-refractivity contribution in [2.75, 3.05) is 16.5 Å². The van der Waals surface area contributed by atoms with Crippen molar-refractivity contribution in [3.8, 4) is 0 Å². The third-order valence-electron chi connectivity index (χ3n) is 4.11. The van der Waals surface area contributed by atoms with Crippen LogP contribution in [0, 0.1) is 5.21 Å². The standard InChI is InChI=1S/C15H16F3N2O/c16-15(17,18)19-10-14(11-6-2-1-3-7-11)20(21)13-9-5-4-8-12(13)19/h4-6,8-9,14H,1-3,7,10H2/q-1. The zero-order valence-electron chi connectivity index (χ0n) is 11.4. The lowest BCUT2D eigenvalue weighted by molar-refractivity contribution is -0.130. The van der Waals surface area contributed by atoms with Gasteiger partial charge >= 0.3 is 6.30 Å². The minimum Gasteiger partial charge on any atom is -0.758 e. The summed E-state index contributed by atoms with van der Waals surface area (Å²) in [6, 6.07) is 5.17. The second-order valence-electron chi connectivity index (χ2n) is 5.43. The summed E-state index contributed by atoms with van der Waals surface area (Å²) >= 11 is 0. The predicted octanol–water partition coefficient (Wildman–Crippen LogP) is 4.20. The highest BCUT2D eigenvalue weighted by Gasteiger charge is 2.43. The van der Waals surface area contributed by atoms with E-state index < -0.39 is 12.3 Å². The first kappa shape index (κ1) is 14.3. The largest absolute Gasteiger partial charge is 0.758 e. The molecule has 0 saturated heterocycles.